The highest BCUT2D eigenvalue weighted by molar-refractivity contribution is 7.47. The van der Waals surface area contributed by atoms with Crippen molar-refractivity contribution in [3.63, 3.8) is 0 Å². The van der Waals surface area contributed by atoms with Gasteiger partial charge in [0.2, 0.25) is 0 Å². The Morgan fingerprint density at radius 1 is 0.525 bits per heavy atom. The highest BCUT2D eigenvalue weighted by Gasteiger charge is 2.27. The standard InChI is InChI=1S/C48H92NO9P/c1-3-5-7-9-11-13-15-17-19-21-22-23-25-27-29-31-33-35-37-39-41-55-42-45(43-56-59(53,54)57-44-46(49)48(51)52)58-47(50)40-38-36-34-32-30-28-26-24-20-18-16-14-12-10-8-6-4-2/h17-20,45-46H,3-16,21-44,49H2,1-2H3,(H,51,52)(H,53,54)/b19-17-,20-18-. The summed E-state index contributed by atoms with van der Waals surface area (Å²) in [6.07, 6.45) is 49.4. The lowest BCUT2D eigenvalue weighted by Crippen LogP contribution is -2.34. The molecule has 10 nitrogen and oxygen atoms in total. The fourth-order valence-corrected chi connectivity index (χ4v) is 7.67. The quantitative estimate of drug-likeness (QED) is 0.0233. The molecule has 0 aliphatic heterocycles. The second kappa shape index (κ2) is 44.5. The van der Waals surface area contributed by atoms with E-state index in [4.69, 9.17) is 29.4 Å². The van der Waals surface area contributed by atoms with E-state index in [2.05, 4.69) is 38.2 Å². The van der Waals surface area contributed by atoms with Gasteiger partial charge in [-0.3, -0.25) is 18.6 Å². The van der Waals surface area contributed by atoms with Gasteiger partial charge in [-0.25, -0.2) is 4.57 Å². The van der Waals surface area contributed by atoms with Crippen LogP contribution < -0.4 is 5.73 Å². The third-order valence-electron chi connectivity index (χ3n) is 10.7. The number of aliphatic carboxylic acids is 1. The van der Waals surface area contributed by atoms with Gasteiger partial charge < -0.3 is 25.2 Å². The van der Waals surface area contributed by atoms with Gasteiger partial charge in [0.25, 0.3) is 0 Å². The molecule has 0 spiro atoms. The third-order valence-corrected chi connectivity index (χ3v) is 11.7. The van der Waals surface area contributed by atoms with E-state index in [0.29, 0.717) is 13.0 Å². The van der Waals surface area contributed by atoms with Crippen molar-refractivity contribution in [1.82, 2.24) is 0 Å². The molecular formula is C48H92NO9P. The molecule has 0 aromatic rings. The van der Waals surface area contributed by atoms with Gasteiger partial charge in [0.1, 0.15) is 12.1 Å². The Kier molecular flexibility index (Phi) is 43.3. The number of rotatable bonds is 47. The van der Waals surface area contributed by atoms with Gasteiger partial charge in [-0.15, -0.1) is 0 Å². The first-order chi connectivity index (χ1) is 28.7. The normalized spacial score (nSPS) is 14.0. The number of allylic oxidation sites excluding steroid dienone is 4. The van der Waals surface area contributed by atoms with Crippen LogP contribution in [0.5, 0.6) is 0 Å². The van der Waals surface area contributed by atoms with E-state index in [1.807, 2.05) is 0 Å². The van der Waals surface area contributed by atoms with Crippen molar-refractivity contribution < 1.29 is 42.7 Å². The van der Waals surface area contributed by atoms with Crippen LogP contribution >= 0.6 is 7.82 Å². The first-order valence-electron chi connectivity index (χ1n) is 24.4. The Morgan fingerprint density at radius 2 is 0.881 bits per heavy atom. The van der Waals surface area contributed by atoms with E-state index in [9.17, 15) is 19.0 Å². The van der Waals surface area contributed by atoms with Crippen LogP contribution in [0.25, 0.3) is 0 Å². The molecule has 0 aromatic carbocycles. The van der Waals surface area contributed by atoms with Crippen molar-refractivity contribution >= 4 is 19.8 Å². The average Bonchev–Trinajstić information content (AvgIpc) is 3.21. The van der Waals surface area contributed by atoms with Crippen LogP contribution in [0.3, 0.4) is 0 Å². The zero-order valence-electron chi connectivity index (χ0n) is 38.1. The molecule has 11 heteroatoms. The summed E-state index contributed by atoms with van der Waals surface area (Å²) < 4.78 is 33.5. The number of phosphoric acid groups is 1. The SMILES string of the molecule is CCCCCCCC/C=C\CCCCCCCCCCCCOCC(COP(=O)(O)OCC(N)C(=O)O)OC(=O)CCCCCCCCC/C=C\CCCCCCCC. The van der Waals surface area contributed by atoms with Crippen molar-refractivity contribution in [3.05, 3.63) is 24.3 Å². The number of hydrogen-bond donors (Lipinski definition) is 3. The van der Waals surface area contributed by atoms with Crippen LogP contribution in [-0.4, -0.2) is 60.5 Å². The van der Waals surface area contributed by atoms with Gasteiger partial charge in [0.15, 0.2) is 0 Å². The Balaban J connectivity index is 4.15. The molecule has 0 rings (SSSR count). The van der Waals surface area contributed by atoms with Crippen LogP contribution in [0.1, 0.15) is 232 Å². The molecule has 0 aliphatic rings. The molecule has 3 unspecified atom stereocenters. The molecular weight excluding hydrogens is 765 g/mol. The molecule has 0 aliphatic carbocycles. The number of phosphoric ester groups is 1. The number of carbonyl (C=O) groups excluding carboxylic acids is 1. The lowest BCUT2D eigenvalue weighted by molar-refractivity contribution is -0.154. The molecule has 4 N–H and O–H groups in total. The monoisotopic (exact) mass is 858 g/mol. The maximum Gasteiger partial charge on any atom is 0.472 e. The second-order valence-electron chi connectivity index (χ2n) is 16.6. The summed E-state index contributed by atoms with van der Waals surface area (Å²) in [6, 6.07) is -1.47. The van der Waals surface area contributed by atoms with E-state index < -0.39 is 45.1 Å². The predicted molar refractivity (Wildman–Crippen MR) is 245 cm³/mol. The van der Waals surface area contributed by atoms with E-state index in [-0.39, 0.29) is 13.0 Å². The first-order valence-corrected chi connectivity index (χ1v) is 25.9. The molecule has 0 saturated carbocycles. The van der Waals surface area contributed by atoms with Crippen molar-refractivity contribution in [1.29, 1.82) is 0 Å². The van der Waals surface area contributed by atoms with Crippen LogP contribution in [-0.2, 0) is 32.7 Å². The van der Waals surface area contributed by atoms with Crippen LogP contribution in [0.15, 0.2) is 24.3 Å². The summed E-state index contributed by atoms with van der Waals surface area (Å²) in [4.78, 5) is 33.6. The van der Waals surface area contributed by atoms with E-state index in [0.717, 1.165) is 44.9 Å². The van der Waals surface area contributed by atoms with Crippen LogP contribution in [0.4, 0.5) is 0 Å². The molecule has 0 aromatic heterocycles. The number of nitrogens with two attached hydrogens (primary N) is 1. The maximum atomic E-state index is 12.7. The molecule has 3 atom stereocenters. The molecule has 348 valence electrons. The maximum absolute atomic E-state index is 12.7. The number of unbranched alkanes of at least 4 members (excludes halogenated alkanes) is 29. The number of carbonyl (C=O) groups is 2. The summed E-state index contributed by atoms with van der Waals surface area (Å²) in [6.45, 7) is 3.90. The molecule has 0 heterocycles. The first kappa shape index (κ1) is 57.4. The highest BCUT2D eigenvalue weighted by Crippen LogP contribution is 2.43. The Hall–Kier alpha value is -1.55. The number of hydrogen-bond acceptors (Lipinski definition) is 8. The molecule has 0 bridgehead atoms. The van der Waals surface area contributed by atoms with Crippen molar-refractivity contribution in [3.8, 4) is 0 Å². The molecule has 59 heavy (non-hydrogen) atoms. The van der Waals surface area contributed by atoms with Gasteiger partial charge in [-0.05, 0) is 64.2 Å². The Bertz CT molecular complexity index is 1040. The Morgan fingerprint density at radius 3 is 1.29 bits per heavy atom. The van der Waals surface area contributed by atoms with Gasteiger partial charge in [-0.2, -0.15) is 0 Å². The zero-order valence-corrected chi connectivity index (χ0v) is 39.0. The fourth-order valence-electron chi connectivity index (χ4n) is 6.89. The third kappa shape index (κ3) is 44.3. The largest absolute Gasteiger partial charge is 0.480 e. The summed E-state index contributed by atoms with van der Waals surface area (Å²) in [7, 11) is -4.62. The lowest BCUT2D eigenvalue weighted by atomic mass is 10.1. The average molecular weight is 858 g/mol. The van der Waals surface area contributed by atoms with E-state index in [1.54, 1.807) is 0 Å². The summed E-state index contributed by atoms with van der Waals surface area (Å²) in [5, 5.41) is 8.91. The number of carboxylic acid groups (broad SMARTS) is 1. The van der Waals surface area contributed by atoms with Gasteiger partial charge in [-0.1, -0.05) is 186 Å². The predicted octanol–water partition coefficient (Wildman–Crippen LogP) is 13.9. The summed E-state index contributed by atoms with van der Waals surface area (Å²) in [5.74, 6) is -1.78. The van der Waals surface area contributed by atoms with Gasteiger partial charge in [0, 0.05) is 13.0 Å². The Labute approximate surface area is 362 Å². The minimum Gasteiger partial charge on any atom is -0.480 e. The van der Waals surface area contributed by atoms with Gasteiger partial charge >= 0.3 is 19.8 Å². The molecule has 0 radical (unpaired) electrons. The summed E-state index contributed by atoms with van der Waals surface area (Å²) >= 11 is 0. The fraction of sp³-hybridized carbons (Fsp3) is 0.875. The van der Waals surface area contributed by atoms with Crippen LogP contribution in [0.2, 0.25) is 0 Å². The van der Waals surface area contributed by atoms with Crippen LogP contribution in [0, 0.1) is 0 Å². The number of ether oxygens (including phenoxy) is 2. The van der Waals surface area contributed by atoms with E-state index in [1.165, 1.54) is 161 Å². The second-order valence-corrected chi connectivity index (χ2v) is 18.0. The smallest absolute Gasteiger partial charge is 0.472 e. The van der Waals surface area contributed by atoms with Crippen molar-refractivity contribution in [2.45, 2.75) is 244 Å². The molecule has 0 saturated heterocycles. The van der Waals surface area contributed by atoms with E-state index >= 15 is 0 Å². The molecule has 0 fully saturated rings. The molecule has 0 amide bonds. The zero-order chi connectivity index (χ0) is 43.3. The van der Waals surface area contributed by atoms with Crippen molar-refractivity contribution in [2.24, 2.45) is 5.73 Å². The topological polar surface area (TPSA) is 155 Å². The highest BCUT2D eigenvalue weighted by atomic mass is 31.2. The van der Waals surface area contributed by atoms with Crippen molar-refractivity contribution in [2.75, 3.05) is 26.4 Å². The minimum atomic E-state index is -4.62. The number of carboxylic acids is 1. The number of esters is 1. The minimum absolute atomic E-state index is 0.0174. The van der Waals surface area contributed by atoms with Gasteiger partial charge in [0.05, 0.1) is 19.8 Å². The summed E-state index contributed by atoms with van der Waals surface area (Å²) in [5.41, 5.74) is 5.37. The lowest BCUT2D eigenvalue weighted by Gasteiger charge is -2.20.